The lowest BCUT2D eigenvalue weighted by Gasteiger charge is -2.18. The number of nitrogens with zero attached hydrogens (tertiary/aromatic N) is 1. The zero-order chi connectivity index (χ0) is 26.1. The molecule has 1 amide bonds. The molecule has 1 N–H and O–H groups in total. The Bertz CT molecular complexity index is 1500. The molecular weight excluding hydrogens is 480 g/mol. The predicted octanol–water partition coefficient (Wildman–Crippen LogP) is 7.52. The van der Waals surface area contributed by atoms with E-state index in [2.05, 4.69) is 44.3 Å². The molecule has 0 saturated heterocycles. The normalized spacial score (nSPS) is 14.9. The van der Waals surface area contributed by atoms with Crippen LogP contribution >= 0.6 is 11.3 Å². The first-order valence-electron chi connectivity index (χ1n) is 13.0. The Labute approximate surface area is 221 Å². The van der Waals surface area contributed by atoms with Crippen LogP contribution in [0.2, 0.25) is 0 Å². The van der Waals surface area contributed by atoms with Crippen LogP contribution < -0.4 is 5.32 Å². The number of thiophene rings is 1. The van der Waals surface area contributed by atoms with Crippen LogP contribution in [0.5, 0.6) is 0 Å². The molecule has 0 saturated carbocycles. The average molecular weight is 513 g/mol. The maximum atomic E-state index is 13.8. The molecule has 2 aromatic heterocycles. The minimum atomic E-state index is -0.347. The number of benzene rings is 2. The third-order valence-corrected chi connectivity index (χ3v) is 8.17. The molecule has 0 radical (unpaired) electrons. The fraction of sp³-hybridized carbons (Fsp3) is 0.323. The molecular formula is C31H32N2O3S. The van der Waals surface area contributed by atoms with Crippen LogP contribution in [0, 0.1) is 19.8 Å². The molecule has 5 nitrogen and oxygen atoms in total. The van der Waals surface area contributed by atoms with Crippen LogP contribution in [-0.2, 0) is 17.6 Å². The SMILES string of the molecule is CCCOC(=O)c1c(NC(=O)c2cc(-c3ccc(C)cc3C)nc3ccccc23)sc2c1CCC(C)C2. The van der Waals surface area contributed by atoms with Crippen LogP contribution in [0.25, 0.3) is 22.2 Å². The zero-order valence-electron chi connectivity index (χ0n) is 21.8. The van der Waals surface area contributed by atoms with Crippen molar-refractivity contribution < 1.29 is 14.3 Å². The lowest BCUT2D eigenvalue weighted by molar-refractivity contribution is 0.0505. The van der Waals surface area contributed by atoms with Gasteiger partial charge in [0.05, 0.1) is 28.9 Å². The first-order valence-corrected chi connectivity index (χ1v) is 13.8. The van der Waals surface area contributed by atoms with Crippen LogP contribution in [0.4, 0.5) is 5.00 Å². The molecule has 2 heterocycles. The molecule has 0 spiro atoms. The Morgan fingerprint density at radius 3 is 2.73 bits per heavy atom. The van der Waals surface area contributed by atoms with Gasteiger partial charge in [0.1, 0.15) is 5.00 Å². The Morgan fingerprint density at radius 1 is 1.14 bits per heavy atom. The van der Waals surface area contributed by atoms with Crippen molar-refractivity contribution in [2.24, 2.45) is 5.92 Å². The van der Waals surface area contributed by atoms with Gasteiger partial charge < -0.3 is 10.1 Å². The van der Waals surface area contributed by atoms with Crippen molar-refractivity contribution in [1.29, 1.82) is 0 Å². The summed E-state index contributed by atoms with van der Waals surface area (Å²) >= 11 is 1.51. The van der Waals surface area contributed by atoms with E-state index in [-0.39, 0.29) is 11.9 Å². The molecule has 0 fully saturated rings. The fourth-order valence-corrected chi connectivity index (χ4v) is 6.49. The Hall–Kier alpha value is -3.51. The Morgan fingerprint density at radius 2 is 1.95 bits per heavy atom. The van der Waals surface area contributed by atoms with Gasteiger partial charge in [-0.1, -0.05) is 55.8 Å². The van der Waals surface area contributed by atoms with Gasteiger partial charge in [0.25, 0.3) is 5.91 Å². The summed E-state index contributed by atoms with van der Waals surface area (Å²) < 4.78 is 5.53. The van der Waals surface area contributed by atoms with E-state index in [4.69, 9.17) is 9.72 Å². The summed E-state index contributed by atoms with van der Waals surface area (Å²) in [6.07, 6.45) is 3.52. The molecule has 1 aliphatic rings. The molecule has 6 heteroatoms. The van der Waals surface area contributed by atoms with Gasteiger partial charge in [-0.15, -0.1) is 11.3 Å². The summed E-state index contributed by atoms with van der Waals surface area (Å²) in [6.45, 7) is 8.69. The number of pyridine rings is 1. The minimum Gasteiger partial charge on any atom is -0.462 e. The highest BCUT2D eigenvalue weighted by atomic mass is 32.1. The fourth-order valence-electron chi connectivity index (χ4n) is 5.09. The van der Waals surface area contributed by atoms with E-state index < -0.39 is 0 Å². The quantitative estimate of drug-likeness (QED) is 0.271. The van der Waals surface area contributed by atoms with Crippen molar-refractivity contribution >= 4 is 39.1 Å². The lowest BCUT2D eigenvalue weighted by atomic mass is 9.88. The molecule has 0 aliphatic heterocycles. The number of para-hydroxylation sites is 1. The molecule has 190 valence electrons. The number of fused-ring (bicyclic) bond motifs is 2. The summed E-state index contributed by atoms with van der Waals surface area (Å²) in [5.74, 6) is -0.0424. The van der Waals surface area contributed by atoms with E-state index in [9.17, 15) is 9.59 Å². The standard InChI is InChI=1S/C31H32N2O3S/c1-5-14-36-31(35)28-23-13-11-19(3)16-27(23)37-30(28)33-29(34)24-17-26(21-12-10-18(2)15-20(21)4)32-25-9-7-6-8-22(24)25/h6-10,12,15,17,19H,5,11,13-14,16H2,1-4H3,(H,33,34). The highest BCUT2D eigenvalue weighted by Crippen LogP contribution is 2.40. The van der Waals surface area contributed by atoms with E-state index in [1.807, 2.05) is 37.3 Å². The van der Waals surface area contributed by atoms with Crippen molar-refractivity contribution in [2.45, 2.75) is 53.4 Å². The number of hydrogen-bond acceptors (Lipinski definition) is 5. The number of carbonyl (C=O) groups excluding carboxylic acids is 2. The number of rotatable bonds is 6. The average Bonchev–Trinajstić information content (AvgIpc) is 3.23. The van der Waals surface area contributed by atoms with Crippen LogP contribution in [-0.4, -0.2) is 23.5 Å². The number of hydrogen-bond donors (Lipinski definition) is 1. The summed E-state index contributed by atoms with van der Waals surface area (Å²) in [7, 11) is 0. The van der Waals surface area contributed by atoms with E-state index in [0.29, 0.717) is 28.7 Å². The number of carbonyl (C=O) groups is 2. The zero-order valence-corrected chi connectivity index (χ0v) is 22.6. The number of esters is 1. The molecule has 4 aromatic rings. The minimum absolute atomic E-state index is 0.249. The van der Waals surface area contributed by atoms with Crippen LogP contribution in [0.1, 0.15) is 69.0 Å². The van der Waals surface area contributed by atoms with Gasteiger partial charge in [0.2, 0.25) is 0 Å². The topological polar surface area (TPSA) is 68.3 Å². The van der Waals surface area contributed by atoms with E-state index in [0.717, 1.165) is 59.0 Å². The number of aryl methyl sites for hydroxylation is 2. The Balaban J connectivity index is 1.57. The van der Waals surface area contributed by atoms with Crippen molar-refractivity contribution in [3.05, 3.63) is 81.2 Å². The highest BCUT2D eigenvalue weighted by molar-refractivity contribution is 7.17. The van der Waals surface area contributed by atoms with Gasteiger partial charge in [0, 0.05) is 15.8 Å². The van der Waals surface area contributed by atoms with Gasteiger partial charge in [-0.3, -0.25) is 4.79 Å². The molecule has 5 rings (SSSR count). The number of amides is 1. The van der Waals surface area contributed by atoms with Crippen molar-refractivity contribution in [1.82, 2.24) is 4.98 Å². The molecule has 1 atom stereocenters. The summed E-state index contributed by atoms with van der Waals surface area (Å²) in [5, 5.41) is 4.46. The molecule has 1 aliphatic carbocycles. The van der Waals surface area contributed by atoms with Crippen molar-refractivity contribution in [3.8, 4) is 11.3 Å². The van der Waals surface area contributed by atoms with Crippen molar-refractivity contribution in [3.63, 3.8) is 0 Å². The van der Waals surface area contributed by atoms with E-state index in [1.165, 1.54) is 21.8 Å². The Kier molecular flexibility index (Phi) is 7.11. The number of aromatic nitrogens is 1. The third-order valence-electron chi connectivity index (χ3n) is 7.00. The summed E-state index contributed by atoms with van der Waals surface area (Å²) in [4.78, 5) is 33.0. The highest BCUT2D eigenvalue weighted by Gasteiger charge is 2.29. The van der Waals surface area contributed by atoms with Gasteiger partial charge in [-0.2, -0.15) is 0 Å². The number of ether oxygens (including phenoxy) is 1. The predicted molar refractivity (Wildman–Crippen MR) is 151 cm³/mol. The molecule has 37 heavy (non-hydrogen) atoms. The first-order chi connectivity index (χ1) is 17.9. The van der Waals surface area contributed by atoms with Crippen LogP contribution in [0.3, 0.4) is 0 Å². The lowest BCUT2D eigenvalue weighted by Crippen LogP contribution is -2.17. The summed E-state index contributed by atoms with van der Waals surface area (Å²) in [6, 6.07) is 15.8. The second kappa shape index (κ2) is 10.5. The second-order valence-electron chi connectivity index (χ2n) is 10.0. The first kappa shape index (κ1) is 25.2. The molecule has 0 bridgehead atoms. The van der Waals surface area contributed by atoms with E-state index in [1.54, 1.807) is 0 Å². The number of anilines is 1. The maximum absolute atomic E-state index is 13.8. The molecule has 2 aromatic carbocycles. The second-order valence-corrected chi connectivity index (χ2v) is 11.1. The van der Waals surface area contributed by atoms with Gasteiger partial charge >= 0.3 is 5.97 Å². The summed E-state index contributed by atoms with van der Waals surface area (Å²) in [5.41, 5.74) is 6.89. The van der Waals surface area contributed by atoms with Gasteiger partial charge in [0.15, 0.2) is 0 Å². The molecule has 1 unspecified atom stereocenters. The smallest absolute Gasteiger partial charge is 0.341 e. The largest absolute Gasteiger partial charge is 0.462 e. The van der Waals surface area contributed by atoms with Crippen molar-refractivity contribution in [2.75, 3.05) is 11.9 Å². The third kappa shape index (κ3) is 5.03. The number of nitrogens with one attached hydrogen (secondary N) is 1. The van der Waals surface area contributed by atoms with Gasteiger partial charge in [-0.05, 0) is 68.7 Å². The van der Waals surface area contributed by atoms with Crippen LogP contribution in [0.15, 0.2) is 48.5 Å². The van der Waals surface area contributed by atoms with E-state index >= 15 is 0 Å². The monoisotopic (exact) mass is 512 g/mol. The maximum Gasteiger partial charge on any atom is 0.341 e. The van der Waals surface area contributed by atoms with Gasteiger partial charge in [-0.25, -0.2) is 9.78 Å².